The summed E-state index contributed by atoms with van der Waals surface area (Å²) in [5.74, 6) is -0.660. The van der Waals surface area contributed by atoms with Gasteiger partial charge in [-0.15, -0.1) is 0 Å². The molecule has 0 bridgehead atoms. The third-order valence-corrected chi connectivity index (χ3v) is 8.59. The van der Waals surface area contributed by atoms with Crippen molar-refractivity contribution in [2.45, 2.75) is 193 Å². The first kappa shape index (κ1) is 42.1. The maximum atomic E-state index is 12.1. The zero-order valence-corrected chi connectivity index (χ0v) is 29.8. The van der Waals surface area contributed by atoms with Gasteiger partial charge in [-0.25, -0.2) is 0 Å². The van der Waals surface area contributed by atoms with E-state index in [1.54, 1.807) is 0 Å². The Morgan fingerprint density at radius 3 is 1.70 bits per heavy atom. The van der Waals surface area contributed by atoms with Gasteiger partial charge in [0, 0.05) is 12.8 Å². The van der Waals surface area contributed by atoms with Gasteiger partial charge >= 0.3 is 11.9 Å². The van der Waals surface area contributed by atoms with E-state index in [4.69, 9.17) is 14.2 Å². The maximum absolute atomic E-state index is 12.1. The van der Waals surface area contributed by atoms with Gasteiger partial charge in [0.25, 0.3) is 0 Å². The third kappa shape index (κ3) is 27.2. The third-order valence-electron chi connectivity index (χ3n) is 8.59. The van der Waals surface area contributed by atoms with Crippen LogP contribution in [0.25, 0.3) is 0 Å². The summed E-state index contributed by atoms with van der Waals surface area (Å²) in [5, 5.41) is 9.54. The number of carbonyl (C=O) groups is 2. The fraction of sp³-hybridized carbons (Fsp3) is 0.800. The molecule has 0 aromatic heterocycles. The second-order valence-electron chi connectivity index (χ2n) is 13.0. The number of unbranched alkanes of at least 4 members (excludes halogenated alkanes) is 17. The topological polar surface area (TPSA) is 85.4 Å². The second kappa shape index (κ2) is 31.7. The van der Waals surface area contributed by atoms with Crippen LogP contribution in [0.15, 0.2) is 36.5 Å². The van der Waals surface area contributed by atoms with Gasteiger partial charge in [-0.1, -0.05) is 147 Å². The standard InChI is InChI=1S/C40H70O6/c1-3-5-7-9-11-12-13-14-15-16-17-20-25-29-33-40(43)45-36(34-41)35-44-39(42)32-28-24-21-18-19-23-27-31-38-37(46-38)30-26-22-10-8-6-4-2/h18,21-23,26-27,36-38,41H,3-17,19-20,24-25,28-35H2,1-2H3/b21-18-,26-22-,27-23-/t36-,37?,38?/m0/s1. The zero-order chi connectivity index (χ0) is 33.3. The van der Waals surface area contributed by atoms with Gasteiger partial charge in [0.1, 0.15) is 6.61 Å². The summed E-state index contributed by atoms with van der Waals surface area (Å²) in [6.07, 6.45) is 40.9. The molecule has 1 rings (SSSR count). The quantitative estimate of drug-likeness (QED) is 0.0330. The molecule has 1 N–H and O–H groups in total. The number of rotatable bonds is 33. The lowest BCUT2D eigenvalue weighted by Crippen LogP contribution is -2.28. The minimum absolute atomic E-state index is 0.0960. The molecule has 0 saturated carbocycles. The van der Waals surface area contributed by atoms with Gasteiger partial charge in [-0.05, 0) is 51.4 Å². The molecular formula is C40H70O6. The highest BCUT2D eigenvalue weighted by Crippen LogP contribution is 2.29. The minimum atomic E-state index is -0.793. The first-order chi connectivity index (χ1) is 22.6. The molecule has 0 spiro atoms. The minimum Gasteiger partial charge on any atom is -0.462 e. The Balaban J connectivity index is 1.93. The van der Waals surface area contributed by atoms with Crippen molar-refractivity contribution in [3.05, 3.63) is 36.5 Å². The van der Waals surface area contributed by atoms with E-state index in [1.165, 1.54) is 96.3 Å². The summed E-state index contributed by atoms with van der Waals surface area (Å²) in [7, 11) is 0. The fourth-order valence-corrected chi connectivity index (χ4v) is 5.53. The molecule has 3 atom stereocenters. The predicted octanol–water partition coefficient (Wildman–Crippen LogP) is 10.7. The van der Waals surface area contributed by atoms with Gasteiger partial charge in [0.2, 0.25) is 0 Å². The molecule has 0 aliphatic carbocycles. The molecule has 0 amide bonds. The molecular weight excluding hydrogens is 576 g/mol. The molecule has 0 aromatic rings. The van der Waals surface area contributed by atoms with Crippen molar-refractivity contribution in [1.29, 1.82) is 0 Å². The van der Waals surface area contributed by atoms with Crippen molar-refractivity contribution in [2.75, 3.05) is 13.2 Å². The second-order valence-corrected chi connectivity index (χ2v) is 13.0. The van der Waals surface area contributed by atoms with Crippen molar-refractivity contribution in [3.63, 3.8) is 0 Å². The van der Waals surface area contributed by atoms with E-state index < -0.39 is 6.10 Å². The molecule has 6 nitrogen and oxygen atoms in total. The van der Waals surface area contributed by atoms with Crippen molar-refractivity contribution < 1.29 is 28.9 Å². The number of ether oxygens (including phenoxy) is 3. The average Bonchev–Trinajstić information content (AvgIpc) is 3.81. The van der Waals surface area contributed by atoms with Crippen molar-refractivity contribution >= 4 is 11.9 Å². The molecule has 1 fully saturated rings. The molecule has 266 valence electrons. The normalized spacial score (nSPS) is 16.9. The van der Waals surface area contributed by atoms with Crippen LogP contribution in [0.1, 0.15) is 174 Å². The van der Waals surface area contributed by atoms with Crippen LogP contribution in [-0.2, 0) is 23.8 Å². The summed E-state index contributed by atoms with van der Waals surface area (Å²) in [6, 6.07) is 0. The summed E-state index contributed by atoms with van der Waals surface area (Å²) in [4.78, 5) is 24.2. The van der Waals surface area contributed by atoms with Crippen LogP contribution in [-0.4, -0.2) is 48.6 Å². The number of esters is 2. The average molecular weight is 647 g/mol. The van der Waals surface area contributed by atoms with Gasteiger partial charge in [0.05, 0.1) is 18.8 Å². The molecule has 0 radical (unpaired) electrons. The van der Waals surface area contributed by atoms with E-state index in [-0.39, 0.29) is 25.2 Å². The Bertz CT molecular complexity index is 804. The van der Waals surface area contributed by atoms with Crippen LogP contribution < -0.4 is 0 Å². The van der Waals surface area contributed by atoms with E-state index in [0.29, 0.717) is 31.5 Å². The summed E-state index contributed by atoms with van der Waals surface area (Å²) >= 11 is 0. The highest BCUT2D eigenvalue weighted by atomic mass is 16.6. The largest absolute Gasteiger partial charge is 0.462 e. The van der Waals surface area contributed by atoms with E-state index >= 15 is 0 Å². The number of allylic oxidation sites excluding steroid dienone is 4. The van der Waals surface area contributed by atoms with Crippen molar-refractivity contribution in [1.82, 2.24) is 0 Å². The monoisotopic (exact) mass is 647 g/mol. The van der Waals surface area contributed by atoms with E-state index in [0.717, 1.165) is 44.9 Å². The predicted molar refractivity (Wildman–Crippen MR) is 191 cm³/mol. The lowest BCUT2D eigenvalue weighted by molar-refractivity contribution is -0.161. The number of epoxide rings is 1. The SMILES string of the molecule is CCCCC/C=C\CC1OC1C/C=C\C/C=C\CCCC(=O)OC[C@H](CO)OC(=O)CCCCCCCCCCCCCCCC. The Morgan fingerprint density at radius 2 is 1.09 bits per heavy atom. The Labute approximate surface area is 282 Å². The van der Waals surface area contributed by atoms with Crippen LogP contribution >= 0.6 is 0 Å². The molecule has 46 heavy (non-hydrogen) atoms. The Hall–Kier alpha value is -1.92. The molecule has 6 heteroatoms. The molecule has 2 unspecified atom stereocenters. The van der Waals surface area contributed by atoms with Gasteiger partial charge in [-0.2, -0.15) is 0 Å². The smallest absolute Gasteiger partial charge is 0.306 e. The first-order valence-corrected chi connectivity index (χ1v) is 19.2. The number of carbonyl (C=O) groups excluding carboxylic acids is 2. The molecule has 1 heterocycles. The van der Waals surface area contributed by atoms with Crippen LogP contribution in [0.5, 0.6) is 0 Å². The summed E-state index contributed by atoms with van der Waals surface area (Å²) < 4.78 is 16.3. The summed E-state index contributed by atoms with van der Waals surface area (Å²) in [5.41, 5.74) is 0. The number of hydrogen-bond acceptors (Lipinski definition) is 6. The van der Waals surface area contributed by atoms with E-state index in [9.17, 15) is 14.7 Å². The lowest BCUT2D eigenvalue weighted by atomic mass is 10.0. The van der Waals surface area contributed by atoms with Crippen molar-refractivity contribution in [2.24, 2.45) is 0 Å². The van der Waals surface area contributed by atoms with Crippen molar-refractivity contribution in [3.8, 4) is 0 Å². The highest BCUT2D eigenvalue weighted by molar-refractivity contribution is 5.70. The molecule has 1 aliphatic heterocycles. The van der Waals surface area contributed by atoms with Gasteiger partial charge < -0.3 is 19.3 Å². The zero-order valence-electron chi connectivity index (χ0n) is 29.8. The number of aliphatic hydroxyl groups is 1. The van der Waals surface area contributed by atoms with Crippen LogP contribution in [0.4, 0.5) is 0 Å². The van der Waals surface area contributed by atoms with Gasteiger partial charge in [-0.3, -0.25) is 9.59 Å². The van der Waals surface area contributed by atoms with E-state index in [1.807, 2.05) is 0 Å². The Kier molecular flexibility index (Phi) is 29.0. The Morgan fingerprint density at radius 1 is 0.609 bits per heavy atom. The van der Waals surface area contributed by atoms with E-state index in [2.05, 4.69) is 50.3 Å². The number of aliphatic hydroxyl groups excluding tert-OH is 1. The molecule has 1 aliphatic rings. The van der Waals surface area contributed by atoms with Crippen LogP contribution in [0.3, 0.4) is 0 Å². The fourth-order valence-electron chi connectivity index (χ4n) is 5.53. The first-order valence-electron chi connectivity index (χ1n) is 19.2. The lowest BCUT2D eigenvalue weighted by Gasteiger charge is -2.15. The summed E-state index contributed by atoms with van der Waals surface area (Å²) in [6.45, 7) is 4.05. The highest BCUT2D eigenvalue weighted by Gasteiger charge is 2.35. The molecule has 1 saturated heterocycles. The van der Waals surface area contributed by atoms with Crippen LogP contribution in [0.2, 0.25) is 0 Å². The number of hydrogen-bond donors (Lipinski definition) is 1. The van der Waals surface area contributed by atoms with Crippen LogP contribution in [0, 0.1) is 0 Å². The van der Waals surface area contributed by atoms with Gasteiger partial charge in [0.15, 0.2) is 6.10 Å². The maximum Gasteiger partial charge on any atom is 0.306 e. The molecule has 0 aromatic carbocycles.